The molecule has 0 saturated carbocycles. The third-order valence-electron chi connectivity index (χ3n) is 3.64. The van der Waals surface area contributed by atoms with Gasteiger partial charge in [0.15, 0.2) is 0 Å². The number of halogens is 1. The van der Waals surface area contributed by atoms with E-state index in [4.69, 9.17) is 9.47 Å². The monoisotopic (exact) mass is 433 g/mol. The fourth-order valence-electron chi connectivity index (χ4n) is 2.31. The summed E-state index contributed by atoms with van der Waals surface area (Å²) in [6.07, 6.45) is 3.45. The Balaban J connectivity index is 1.71. The van der Waals surface area contributed by atoms with E-state index in [0.29, 0.717) is 28.1 Å². The zero-order valence-corrected chi connectivity index (χ0v) is 16.6. The summed E-state index contributed by atoms with van der Waals surface area (Å²) in [5.41, 5.74) is 2.32. The highest BCUT2D eigenvalue weighted by atomic mass is 79.9. The first-order valence-corrected chi connectivity index (χ1v) is 9.34. The molecule has 0 aliphatic heterocycles. The highest BCUT2D eigenvalue weighted by molar-refractivity contribution is 9.10. The quantitative estimate of drug-likeness (QED) is 0.637. The van der Waals surface area contributed by atoms with E-state index in [9.17, 15) is 4.79 Å². The van der Waals surface area contributed by atoms with Gasteiger partial charge in [-0.2, -0.15) is 0 Å². The van der Waals surface area contributed by atoms with E-state index in [-0.39, 0.29) is 5.91 Å². The van der Waals surface area contributed by atoms with Gasteiger partial charge in [-0.3, -0.25) is 9.78 Å². The predicted octanol–water partition coefficient (Wildman–Crippen LogP) is 3.91. The fraction of sp³-hybridized carbons (Fsp3) is 0.167. The Bertz CT molecular complexity index is 890. The minimum Gasteiger partial charge on any atom is -0.495 e. The summed E-state index contributed by atoms with van der Waals surface area (Å²) in [6.45, 7) is 0.343. The molecule has 134 valence electrons. The van der Waals surface area contributed by atoms with Gasteiger partial charge in [0.05, 0.1) is 26.5 Å². The minimum absolute atomic E-state index is 0.227. The second kappa shape index (κ2) is 8.29. The topological polar surface area (TPSA) is 73.3 Å². The van der Waals surface area contributed by atoms with Gasteiger partial charge in [-0.1, -0.05) is 0 Å². The number of carbonyl (C=O) groups excluding carboxylic acids is 1. The standard InChI is InChI=1S/C18H16BrN3O3S/c1-24-14-7-12(8-15(25-2)17(14)19)18(23)21-9-16-22-13(10-26-16)11-3-5-20-6-4-11/h3-8,10H,9H2,1-2H3,(H,21,23). The zero-order valence-electron chi connectivity index (χ0n) is 14.2. The number of methoxy groups -OCH3 is 2. The molecule has 0 spiro atoms. The number of hydrogen-bond donors (Lipinski definition) is 1. The molecule has 3 aromatic rings. The van der Waals surface area contributed by atoms with Crippen LogP contribution in [0.5, 0.6) is 11.5 Å². The van der Waals surface area contributed by atoms with Gasteiger partial charge in [0.25, 0.3) is 5.91 Å². The Morgan fingerprint density at radius 2 is 1.85 bits per heavy atom. The number of nitrogens with zero attached hydrogens (tertiary/aromatic N) is 2. The van der Waals surface area contributed by atoms with Gasteiger partial charge >= 0.3 is 0 Å². The molecule has 26 heavy (non-hydrogen) atoms. The normalized spacial score (nSPS) is 10.4. The van der Waals surface area contributed by atoms with Crippen molar-refractivity contribution in [3.63, 3.8) is 0 Å². The van der Waals surface area contributed by atoms with E-state index in [1.807, 2.05) is 17.5 Å². The lowest BCUT2D eigenvalue weighted by molar-refractivity contribution is 0.0950. The smallest absolute Gasteiger partial charge is 0.251 e. The summed E-state index contributed by atoms with van der Waals surface area (Å²) in [5, 5.41) is 5.65. The van der Waals surface area contributed by atoms with Crippen LogP contribution in [0.3, 0.4) is 0 Å². The van der Waals surface area contributed by atoms with Gasteiger partial charge in [0.2, 0.25) is 0 Å². The third-order valence-corrected chi connectivity index (χ3v) is 5.27. The van der Waals surface area contributed by atoms with Gasteiger partial charge in [-0.15, -0.1) is 11.3 Å². The lowest BCUT2D eigenvalue weighted by Crippen LogP contribution is -2.22. The molecule has 1 aromatic carbocycles. The van der Waals surface area contributed by atoms with Crippen LogP contribution in [-0.4, -0.2) is 30.1 Å². The van der Waals surface area contributed by atoms with Crippen molar-refractivity contribution < 1.29 is 14.3 Å². The first-order valence-electron chi connectivity index (χ1n) is 7.67. The van der Waals surface area contributed by atoms with Gasteiger partial charge < -0.3 is 14.8 Å². The Kier molecular flexibility index (Phi) is 5.85. The average Bonchev–Trinajstić information content (AvgIpc) is 3.16. The van der Waals surface area contributed by atoms with Crippen molar-refractivity contribution in [3.05, 3.63) is 57.1 Å². The summed E-state index contributed by atoms with van der Waals surface area (Å²) in [5.74, 6) is 0.835. The van der Waals surface area contributed by atoms with Crippen molar-refractivity contribution in [2.24, 2.45) is 0 Å². The van der Waals surface area contributed by atoms with Crippen LogP contribution in [0.15, 0.2) is 46.5 Å². The van der Waals surface area contributed by atoms with Crippen molar-refractivity contribution in [2.75, 3.05) is 14.2 Å². The number of pyridine rings is 1. The molecule has 1 N–H and O–H groups in total. The molecule has 0 atom stereocenters. The van der Waals surface area contributed by atoms with Gasteiger partial charge in [0, 0.05) is 28.9 Å². The van der Waals surface area contributed by atoms with Crippen LogP contribution in [-0.2, 0) is 6.54 Å². The van der Waals surface area contributed by atoms with E-state index in [1.54, 1.807) is 24.5 Å². The number of amides is 1. The van der Waals surface area contributed by atoms with Crippen molar-refractivity contribution in [3.8, 4) is 22.8 Å². The number of benzene rings is 1. The Morgan fingerprint density at radius 1 is 1.19 bits per heavy atom. The Hall–Kier alpha value is -2.45. The van der Waals surface area contributed by atoms with Gasteiger partial charge in [-0.25, -0.2) is 4.98 Å². The molecule has 0 bridgehead atoms. The number of ether oxygens (including phenoxy) is 2. The molecule has 0 unspecified atom stereocenters. The predicted molar refractivity (Wildman–Crippen MR) is 104 cm³/mol. The van der Waals surface area contributed by atoms with Crippen LogP contribution in [0, 0.1) is 0 Å². The highest BCUT2D eigenvalue weighted by Gasteiger charge is 2.15. The van der Waals surface area contributed by atoms with E-state index >= 15 is 0 Å². The van der Waals surface area contributed by atoms with Crippen LogP contribution in [0.25, 0.3) is 11.3 Å². The molecule has 0 aliphatic rings. The molecule has 2 aromatic heterocycles. The van der Waals surface area contributed by atoms with Crippen LogP contribution < -0.4 is 14.8 Å². The van der Waals surface area contributed by atoms with Crippen molar-refractivity contribution >= 4 is 33.2 Å². The lowest BCUT2D eigenvalue weighted by atomic mass is 10.2. The molecular weight excluding hydrogens is 418 g/mol. The van der Waals surface area contributed by atoms with Gasteiger partial charge in [0.1, 0.15) is 21.0 Å². The third kappa shape index (κ3) is 4.03. The SMILES string of the molecule is COc1cc(C(=O)NCc2nc(-c3ccncc3)cs2)cc(OC)c1Br. The lowest BCUT2D eigenvalue weighted by Gasteiger charge is -2.11. The number of carbonyl (C=O) groups is 1. The van der Waals surface area contributed by atoms with Crippen molar-refractivity contribution in [1.29, 1.82) is 0 Å². The molecule has 0 saturated heterocycles. The average molecular weight is 434 g/mol. The van der Waals surface area contributed by atoms with Crippen LogP contribution >= 0.6 is 27.3 Å². The second-order valence-electron chi connectivity index (χ2n) is 5.24. The van der Waals surface area contributed by atoms with Crippen LogP contribution in [0.1, 0.15) is 15.4 Å². The largest absolute Gasteiger partial charge is 0.495 e. The number of nitrogens with one attached hydrogen (secondary N) is 1. The van der Waals surface area contributed by atoms with Crippen molar-refractivity contribution in [2.45, 2.75) is 6.54 Å². The van der Waals surface area contributed by atoms with Crippen LogP contribution in [0.4, 0.5) is 0 Å². The Morgan fingerprint density at radius 3 is 2.46 bits per heavy atom. The molecule has 0 aliphatic carbocycles. The highest BCUT2D eigenvalue weighted by Crippen LogP contribution is 2.35. The number of hydrogen-bond acceptors (Lipinski definition) is 6. The van der Waals surface area contributed by atoms with E-state index < -0.39 is 0 Å². The maximum absolute atomic E-state index is 12.5. The summed E-state index contributed by atoms with van der Waals surface area (Å²) in [4.78, 5) is 21.0. The molecule has 0 radical (unpaired) electrons. The Labute approximate surface area is 163 Å². The van der Waals surface area contributed by atoms with Gasteiger partial charge in [-0.05, 0) is 40.2 Å². The first-order chi connectivity index (χ1) is 12.6. The molecule has 2 heterocycles. The minimum atomic E-state index is -0.227. The van der Waals surface area contributed by atoms with E-state index in [2.05, 4.69) is 31.2 Å². The molecule has 6 nitrogen and oxygen atoms in total. The molecule has 1 amide bonds. The summed E-state index contributed by atoms with van der Waals surface area (Å²) in [6, 6.07) is 7.12. The summed E-state index contributed by atoms with van der Waals surface area (Å²) < 4.78 is 11.2. The summed E-state index contributed by atoms with van der Waals surface area (Å²) in [7, 11) is 3.08. The molecule has 0 fully saturated rings. The number of thiazole rings is 1. The second-order valence-corrected chi connectivity index (χ2v) is 6.98. The first kappa shape index (κ1) is 18.3. The molecular formula is C18H16BrN3O3S. The van der Waals surface area contributed by atoms with E-state index in [0.717, 1.165) is 16.3 Å². The van der Waals surface area contributed by atoms with Crippen LogP contribution in [0.2, 0.25) is 0 Å². The maximum Gasteiger partial charge on any atom is 0.251 e. The molecule has 3 rings (SSSR count). The number of aromatic nitrogens is 2. The number of rotatable bonds is 6. The fourth-order valence-corrected chi connectivity index (χ4v) is 3.60. The maximum atomic E-state index is 12.5. The van der Waals surface area contributed by atoms with Crippen molar-refractivity contribution in [1.82, 2.24) is 15.3 Å². The molecule has 8 heteroatoms. The van der Waals surface area contributed by atoms with E-state index in [1.165, 1.54) is 25.6 Å². The zero-order chi connectivity index (χ0) is 18.5. The summed E-state index contributed by atoms with van der Waals surface area (Å²) >= 11 is 4.89.